The van der Waals surface area contributed by atoms with Crippen LogP contribution in [0.15, 0.2) is 24.3 Å². The maximum absolute atomic E-state index is 11.0. The van der Waals surface area contributed by atoms with Crippen LogP contribution < -0.4 is 0 Å². The van der Waals surface area contributed by atoms with E-state index in [9.17, 15) is 4.79 Å². The minimum Gasteiger partial charge on any atom is -0.469 e. The summed E-state index contributed by atoms with van der Waals surface area (Å²) >= 11 is 0. The van der Waals surface area contributed by atoms with Gasteiger partial charge < -0.3 is 9.16 Å². The van der Waals surface area contributed by atoms with Gasteiger partial charge in [0.15, 0.2) is 8.32 Å². The number of hydrogen-bond acceptors (Lipinski definition) is 3. The van der Waals surface area contributed by atoms with Crippen LogP contribution in [-0.2, 0) is 14.0 Å². The molecule has 0 N–H and O–H groups in total. The maximum atomic E-state index is 11.0. The number of unbranched alkanes of at least 4 members (excludes halogenated alkanes) is 6. The fraction of sp³-hybridized carbons (Fsp3) is 0.773. The summed E-state index contributed by atoms with van der Waals surface area (Å²) in [6.45, 7) is 9.01. The van der Waals surface area contributed by atoms with E-state index >= 15 is 0 Å². The first-order chi connectivity index (χ1) is 12.4. The van der Waals surface area contributed by atoms with Gasteiger partial charge in [-0.2, -0.15) is 0 Å². The highest BCUT2D eigenvalue weighted by atomic mass is 28.4. The molecule has 0 saturated heterocycles. The summed E-state index contributed by atoms with van der Waals surface area (Å²) in [5, 5.41) is 0. The van der Waals surface area contributed by atoms with Gasteiger partial charge in [0, 0.05) is 6.42 Å². The van der Waals surface area contributed by atoms with E-state index < -0.39 is 8.32 Å². The predicted molar refractivity (Wildman–Crippen MR) is 115 cm³/mol. The molecule has 0 bridgehead atoms. The summed E-state index contributed by atoms with van der Waals surface area (Å²) in [4.78, 5) is 11.0. The molecule has 0 saturated carbocycles. The van der Waals surface area contributed by atoms with E-state index in [2.05, 4.69) is 55.6 Å². The maximum Gasteiger partial charge on any atom is 0.305 e. The highest BCUT2D eigenvalue weighted by molar-refractivity contribution is 6.69. The molecular formula is C22H42O3Si. The number of rotatable bonds is 16. The van der Waals surface area contributed by atoms with Crippen molar-refractivity contribution >= 4 is 14.3 Å². The fourth-order valence-electron chi connectivity index (χ4n) is 2.74. The Morgan fingerprint density at radius 2 is 1.65 bits per heavy atom. The molecule has 4 heteroatoms. The first kappa shape index (κ1) is 25.1. The van der Waals surface area contributed by atoms with Gasteiger partial charge in [-0.15, -0.1) is 0 Å². The summed E-state index contributed by atoms with van der Waals surface area (Å²) in [5.74, 6) is -0.0897. The number of esters is 1. The van der Waals surface area contributed by atoms with Crippen molar-refractivity contribution in [2.45, 2.75) is 103 Å². The van der Waals surface area contributed by atoms with Crippen molar-refractivity contribution in [3.63, 3.8) is 0 Å². The Bertz CT molecular complexity index is 397. The molecule has 0 heterocycles. The summed E-state index contributed by atoms with van der Waals surface area (Å²) < 4.78 is 10.9. The number of carbonyl (C=O) groups excluding carboxylic acids is 1. The van der Waals surface area contributed by atoms with Crippen molar-refractivity contribution in [3.05, 3.63) is 24.3 Å². The van der Waals surface area contributed by atoms with Crippen LogP contribution in [0.25, 0.3) is 0 Å². The fourth-order valence-corrected chi connectivity index (χ4v) is 3.85. The molecule has 152 valence electrons. The number of methoxy groups -OCH3 is 1. The third-order valence-electron chi connectivity index (χ3n) is 4.12. The molecule has 0 amide bonds. The third kappa shape index (κ3) is 17.9. The van der Waals surface area contributed by atoms with E-state index in [1.54, 1.807) is 0 Å². The largest absolute Gasteiger partial charge is 0.469 e. The minimum atomic E-state index is -1.47. The van der Waals surface area contributed by atoms with Crippen molar-refractivity contribution in [1.82, 2.24) is 0 Å². The highest BCUT2D eigenvalue weighted by Gasteiger charge is 2.18. The van der Waals surface area contributed by atoms with Crippen molar-refractivity contribution in [1.29, 1.82) is 0 Å². The standard InChI is InChI=1S/C22H42O3Si/c1-6-7-18-21(25-26(3,4)5)19-16-14-12-10-8-9-11-13-15-17-20-22(23)24-2/h10,12,16,19,21H,6-9,11,13-15,17-18,20H2,1-5H3/b12-10-,19-16-. The average molecular weight is 383 g/mol. The molecule has 0 aromatic rings. The average Bonchev–Trinajstić information content (AvgIpc) is 2.58. The van der Waals surface area contributed by atoms with Gasteiger partial charge in [0.2, 0.25) is 0 Å². The van der Waals surface area contributed by atoms with Crippen LogP contribution in [0.2, 0.25) is 19.6 Å². The Kier molecular flexibility index (Phi) is 15.8. The van der Waals surface area contributed by atoms with E-state index in [0.29, 0.717) is 12.5 Å². The Labute approximate surface area is 163 Å². The smallest absolute Gasteiger partial charge is 0.305 e. The molecule has 0 aliphatic heterocycles. The van der Waals surface area contributed by atoms with Crippen molar-refractivity contribution in [2.75, 3.05) is 7.11 Å². The van der Waals surface area contributed by atoms with Crippen molar-refractivity contribution in [2.24, 2.45) is 0 Å². The minimum absolute atomic E-state index is 0.0897. The van der Waals surface area contributed by atoms with Crippen LogP contribution >= 0.6 is 0 Å². The topological polar surface area (TPSA) is 35.5 Å². The normalized spacial score (nSPS) is 13.6. The SMILES string of the molecule is CCCCC(/C=C\C/C=C\CCCCCCCC(=O)OC)O[Si](C)(C)C. The van der Waals surface area contributed by atoms with E-state index in [4.69, 9.17) is 4.43 Å². The second kappa shape index (κ2) is 16.3. The van der Waals surface area contributed by atoms with E-state index in [-0.39, 0.29) is 5.97 Å². The summed E-state index contributed by atoms with van der Waals surface area (Å²) in [6, 6.07) is 0. The van der Waals surface area contributed by atoms with Crippen LogP contribution in [0.3, 0.4) is 0 Å². The Balaban J connectivity index is 3.75. The van der Waals surface area contributed by atoms with Crippen LogP contribution in [0.5, 0.6) is 0 Å². The quantitative estimate of drug-likeness (QED) is 0.127. The zero-order valence-electron chi connectivity index (χ0n) is 17.9. The van der Waals surface area contributed by atoms with Crippen LogP contribution in [0.4, 0.5) is 0 Å². The number of allylic oxidation sites excluding steroid dienone is 3. The Morgan fingerprint density at radius 1 is 0.962 bits per heavy atom. The van der Waals surface area contributed by atoms with Gasteiger partial charge in [-0.05, 0) is 51.7 Å². The van der Waals surface area contributed by atoms with Gasteiger partial charge in [0.1, 0.15) is 0 Å². The number of hydrogen-bond donors (Lipinski definition) is 0. The summed E-state index contributed by atoms with van der Waals surface area (Å²) in [6.07, 6.45) is 21.4. The predicted octanol–water partition coefficient (Wildman–Crippen LogP) is 6.80. The van der Waals surface area contributed by atoms with Crippen LogP contribution in [0, 0.1) is 0 Å². The molecule has 0 aromatic heterocycles. The molecule has 3 nitrogen and oxygen atoms in total. The molecule has 0 rings (SSSR count). The second-order valence-corrected chi connectivity index (χ2v) is 12.4. The Hall–Kier alpha value is -0.873. The lowest BCUT2D eigenvalue weighted by molar-refractivity contribution is -0.140. The highest BCUT2D eigenvalue weighted by Crippen LogP contribution is 2.14. The molecule has 0 aliphatic carbocycles. The van der Waals surface area contributed by atoms with Gasteiger partial charge in [0.25, 0.3) is 0 Å². The lowest BCUT2D eigenvalue weighted by atomic mass is 10.1. The van der Waals surface area contributed by atoms with E-state index in [1.165, 1.54) is 39.2 Å². The second-order valence-electron chi connectivity index (χ2n) is 7.93. The van der Waals surface area contributed by atoms with Gasteiger partial charge >= 0.3 is 5.97 Å². The van der Waals surface area contributed by atoms with Gasteiger partial charge in [-0.1, -0.05) is 63.3 Å². The van der Waals surface area contributed by atoms with Gasteiger partial charge in [-0.25, -0.2) is 0 Å². The third-order valence-corrected chi connectivity index (χ3v) is 5.13. The van der Waals surface area contributed by atoms with Gasteiger partial charge in [-0.3, -0.25) is 4.79 Å². The molecule has 0 spiro atoms. The number of ether oxygens (including phenoxy) is 1. The summed E-state index contributed by atoms with van der Waals surface area (Å²) in [7, 11) is -0.0211. The molecule has 26 heavy (non-hydrogen) atoms. The molecule has 0 fully saturated rings. The monoisotopic (exact) mass is 382 g/mol. The molecular weight excluding hydrogens is 340 g/mol. The molecule has 0 radical (unpaired) electrons. The molecule has 1 atom stereocenters. The van der Waals surface area contributed by atoms with Crippen molar-refractivity contribution < 1.29 is 14.0 Å². The molecule has 0 aromatic carbocycles. The van der Waals surface area contributed by atoms with Gasteiger partial charge in [0.05, 0.1) is 13.2 Å². The molecule has 0 aliphatic rings. The summed E-state index contributed by atoms with van der Waals surface area (Å²) in [5.41, 5.74) is 0. The van der Waals surface area contributed by atoms with Crippen molar-refractivity contribution in [3.8, 4) is 0 Å². The van der Waals surface area contributed by atoms with Crippen LogP contribution in [-0.4, -0.2) is 27.5 Å². The first-order valence-corrected chi connectivity index (χ1v) is 13.9. The van der Waals surface area contributed by atoms with E-state index in [0.717, 1.165) is 32.1 Å². The lowest BCUT2D eigenvalue weighted by Crippen LogP contribution is -2.31. The van der Waals surface area contributed by atoms with Crippen LogP contribution in [0.1, 0.15) is 77.6 Å². The zero-order chi connectivity index (χ0) is 19.7. The Morgan fingerprint density at radius 3 is 2.31 bits per heavy atom. The zero-order valence-corrected chi connectivity index (χ0v) is 18.9. The number of carbonyl (C=O) groups is 1. The molecule has 1 unspecified atom stereocenters. The van der Waals surface area contributed by atoms with E-state index in [1.807, 2.05) is 0 Å². The first-order valence-electron chi connectivity index (χ1n) is 10.4. The lowest BCUT2D eigenvalue weighted by Gasteiger charge is -2.24.